The molecular formula is C23H24ClN3O3. The van der Waals surface area contributed by atoms with Crippen molar-refractivity contribution >= 4 is 29.1 Å². The van der Waals surface area contributed by atoms with E-state index in [-0.39, 0.29) is 30.3 Å². The molecule has 0 spiro atoms. The average Bonchev–Trinajstić information content (AvgIpc) is 3.51. The zero-order valence-electron chi connectivity index (χ0n) is 17.0. The molecule has 2 aromatic carbocycles. The van der Waals surface area contributed by atoms with Crippen molar-refractivity contribution in [2.24, 2.45) is 11.0 Å². The molecule has 0 unspecified atom stereocenters. The van der Waals surface area contributed by atoms with Gasteiger partial charge in [0.05, 0.1) is 18.9 Å². The summed E-state index contributed by atoms with van der Waals surface area (Å²) in [6.07, 6.45) is 2.34. The first-order valence-electron chi connectivity index (χ1n) is 10.0. The van der Waals surface area contributed by atoms with E-state index < -0.39 is 0 Å². The third kappa shape index (κ3) is 4.19. The third-order valence-corrected chi connectivity index (χ3v) is 5.85. The predicted molar refractivity (Wildman–Crippen MR) is 116 cm³/mol. The summed E-state index contributed by atoms with van der Waals surface area (Å²) in [5.74, 6) is 0.587. The summed E-state index contributed by atoms with van der Waals surface area (Å²) < 4.78 is 5.33. The Morgan fingerprint density at radius 1 is 1.20 bits per heavy atom. The van der Waals surface area contributed by atoms with Crippen molar-refractivity contribution in [2.45, 2.75) is 25.3 Å². The van der Waals surface area contributed by atoms with E-state index in [1.54, 1.807) is 14.2 Å². The number of carbonyl (C=O) groups is 2. The van der Waals surface area contributed by atoms with Gasteiger partial charge in [-0.05, 0) is 36.6 Å². The Bertz CT molecular complexity index is 1000. The second-order valence-corrected chi connectivity index (χ2v) is 8.13. The van der Waals surface area contributed by atoms with Gasteiger partial charge < -0.3 is 9.64 Å². The van der Waals surface area contributed by atoms with Crippen LogP contribution in [0.25, 0.3) is 0 Å². The largest absolute Gasteiger partial charge is 0.497 e. The molecule has 4 rings (SSSR count). The van der Waals surface area contributed by atoms with Gasteiger partial charge in [-0.2, -0.15) is 5.10 Å². The van der Waals surface area contributed by atoms with E-state index in [0.29, 0.717) is 11.4 Å². The fraction of sp³-hybridized carbons (Fsp3) is 0.348. The molecule has 1 saturated carbocycles. The average molecular weight is 426 g/mol. The molecule has 2 amide bonds. The van der Waals surface area contributed by atoms with Gasteiger partial charge in [-0.15, -0.1) is 0 Å². The van der Waals surface area contributed by atoms with Crippen molar-refractivity contribution in [3.63, 3.8) is 0 Å². The molecule has 0 radical (unpaired) electrons. The number of hydrazone groups is 1. The summed E-state index contributed by atoms with van der Waals surface area (Å²) in [5, 5.41) is 6.72. The Morgan fingerprint density at radius 2 is 1.97 bits per heavy atom. The van der Waals surface area contributed by atoms with Gasteiger partial charge in [0.25, 0.3) is 5.91 Å². The number of nitrogens with zero attached hydrogens (tertiary/aromatic N) is 3. The summed E-state index contributed by atoms with van der Waals surface area (Å²) >= 11 is 6.45. The van der Waals surface area contributed by atoms with E-state index in [1.807, 2.05) is 48.5 Å². The van der Waals surface area contributed by atoms with Crippen LogP contribution in [0.5, 0.6) is 5.75 Å². The van der Waals surface area contributed by atoms with Gasteiger partial charge in [0.2, 0.25) is 5.91 Å². The Morgan fingerprint density at radius 3 is 2.67 bits per heavy atom. The minimum atomic E-state index is -0.322. The fourth-order valence-electron chi connectivity index (χ4n) is 3.70. The van der Waals surface area contributed by atoms with Crippen LogP contribution in [0.15, 0.2) is 53.6 Å². The lowest BCUT2D eigenvalue weighted by atomic mass is 9.98. The third-order valence-electron chi connectivity index (χ3n) is 5.51. The second kappa shape index (κ2) is 8.48. The van der Waals surface area contributed by atoms with Crippen LogP contribution in [0, 0.1) is 5.92 Å². The SMILES string of the molecule is COc1cccc(C2=NN(C(=O)CN(C)C(=O)C3CC3)[C@@H](c3ccccc3Cl)C2)c1. The zero-order valence-corrected chi connectivity index (χ0v) is 17.8. The van der Waals surface area contributed by atoms with E-state index in [1.165, 1.54) is 9.91 Å². The summed E-state index contributed by atoms with van der Waals surface area (Å²) in [6, 6.07) is 14.8. The van der Waals surface area contributed by atoms with Crippen LogP contribution < -0.4 is 4.74 Å². The lowest BCUT2D eigenvalue weighted by Gasteiger charge is -2.25. The second-order valence-electron chi connectivity index (χ2n) is 7.73. The maximum atomic E-state index is 13.2. The highest BCUT2D eigenvalue weighted by Gasteiger charge is 2.37. The van der Waals surface area contributed by atoms with Crippen molar-refractivity contribution in [3.05, 3.63) is 64.7 Å². The first-order valence-corrected chi connectivity index (χ1v) is 10.4. The number of hydrogen-bond acceptors (Lipinski definition) is 4. The zero-order chi connectivity index (χ0) is 21.3. The number of hydrogen-bond donors (Lipinski definition) is 0. The van der Waals surface area contributed by atoms with Crippen LogP contribution >= 0.6 is 11.6 Å². The first-order chi connectivity index (χ1) is 14.5. The first kappa shape index (κ1) is 20.4. The Hall–Kier alpha value is -2.86. The van der Waals surface area contributed by atoms with Gasteiger partial charge >= 0.3 is 0 Å². The molecule has 2 aliphatic rings. The van der Waals surface area contributed by atoms with Crippen LogP contribution in [0.2, 0.25) is 5.02 Å². The maximum absolute atomic E-state index is 13.2. The monoisotopic (exact) mass is 425 g/mol. The van der Waals surface area contributed by atoms with Crippen molar-refractivity contribution in [3.8, 4) is 5.75 Å². The standard InChI is InChI=1S/C23H24ClN3O3/c1-26(23(29)15-10-11-15)14-22(28)27-21(18-8-3-4-9-19(18)24)13-20(25-27)16-6-5-7-17(12-16)30-2/h3-9,12,15,21H,10-11,13-14H2,1-2H3/t21-/m1/s1. The number of benzene rings is 2. The summed E-state index contributed by atoms with van der Waals surface area (Å²) in [4.78, 5) is 27.0. The molecule has 0 saturated heterocycles. The smallest absolute Gasteiger partial charge is 0.262 e. The molecule has 1 aliphatic carbocycles. The highest BCUT2D eigenvalue weighted by atomic mass is 35.5. The Labute approximate surface area is 181 Å². The topological polar surface area (TPSA) is 62.2 Å². The minimum Gasteiger partial charge on any atom is -0.497 e. The van der Waals surface area contributed by atoms with Crippen LogP contribution in [-0.4, -0.2) is 48.1 Å². The number of methoxy groups -OCH3 is 1. The number of carbonyl (C=O) groups excluding carboxylic acids is 2. The van der Waals surface area contributed by atoms with Crippen molar-refractivity contribution in [1.82, 2.24) is 9.91 Å². The van der Waals surface area contributed by atoms with E-state index in [4.69, 9.17) is 16.3 Å². The summed E-state index contributed by atoms with van der Waals surface area (Å²) in [5.41, 5.74) is 2.51. The summed E-state index contributed by atoms with van der Waals surface area (Å²) in [7, 11) is 3.29. The molecule has 2 aromatic rings. The highest BCUT2D eigenvalue weighted by molar-refractivity contribution is 6.31. The normalized spacial score (nSPS) is 18.2. The van der Waals surface area contributed by atoms with Gasteiger partial charge in [-0.3, -0.25) is 9.59 Å². The van der Waals surface area contributed by atoms with E-state index in [9.17, 15) is 9.59 Å². The van der Waals surface area contributed by atoms with E-state index in [0.717, 1.165) is 35.4 Å². The van der Waals surface area contributed by atoms with Gasteiger partial charge in [0.1, 0.15) is 12.3 Å². The van der Waals surface area contributed by atoms with Crippen molar-refractivity contribution < 1.29 is 14.3 Å². The minimum absolute atomic E-state index is 0.00875. The number of rotatable bonds is 6. The van der Waals surface area contributed by atoms with Gasteiger partial charge in [0.15, 0.2) is 0 Å². The van der Waals surface area contributed by atoms with E-state index in [2.05, 4.69) is 5.10 Å². The number of likely N-dealkylation sites (N-methyl/N-ethyl adjacent to an activating group) is 1. The van der Waals surface area contributed by atoms with Crippen LogP contribution in [0.1, 0.15) is 36.4 Å². The molecule has 1 atom stereocenters. The van der Waals surface area contributed by atoms with Crippen molar-refractivity contribution in [1.29, 1.82) is 0 Å². The quantitative estimate of drug-likeness (QED) is 0.705. The Kier molecular flexibility index (Phi) is 5.77. The molecule has 0 aromatic heterocycles. The molecule has 6 nitrogen and oxygen atoms in total. The number of amides is 2. The predicted octanol–water partition coefficient (Wildman–Crippen LogP) is 3.89. The molecule has 156 valence electrons. The van der Waals surface area contributed by atoms with Crippen LogP contribution in [0.4, 0.5) is 0 Å². The molecule has 0 N–H and O–H groups in total. The van der Waals surface area contributed by atoms with Gasteiger partial charge in [0, 0.05) is 30.0 Å². The molecular weight excluding hydrogens is 402 g/mol. The van der Waals surface area contributed by atoms with Crippen LogP contribution in [-0.2, 0) is 9.59 Å². The summed E-state index contributed by atoms with van der Waals surface area (Å²) in [6.45, 7) is -0.00875. The van der Waals surface area contributed by atoms with Gasteiger partial charge in [-0.25, -0.2) is 5.01 Å². The fourth-order valence-corrected chi connectivity index (χ4v) is 3.96. The Balaban J connectivity index is 1.63. The molecule has 1 heterocycles. The lowest BCUT2D eigenvalue weighted by molar-refractivity contribution is -0.141. The molecule has 30 heavy (non-hydrogen) atoms. The van der Waals surface area contributed by atoms with Crippen LogP contribution in [0.3, 0.4) is 0 Å². The van der Waals surface area contributed by atoms with Crippen molar-refractivity contribution in [2.75, 3.05) is 20.7 Å². The number of halogens is 1. The molecule has 7 heteroatoms. The maximum Gasteiger partial charge on any atom is 0.262 e. The highest BCUT2D eigenvalue weighted by Crippen LogP contribution is 2.37. The molecule has 0 bridgehead atoms. The molecule has 1 aliphatic heterocycles. The lowest BCUT2D eigenvalue weighted by Crippen LogP contribution is -2.39. The van der Waals surface area contributed by atoms with Gasteiger partial charge in [-0.1, -0.05) is 41.9 Å². The number of ether oxygens (including phenoxy) is 1. The van der Waals surface area contributed by atoms with E-state index >= 15 is 0 Å². The molecule has 1 fully saturated rings.